The fraction of sp³-hybridized carbons (Fsp3) is 0.818. The van der Waals surface area contributed by atoms with Crippen LogP contribution in [-0.4, -0.2) is 18.8 Å². The second kappa shape index (κ2) is 8.27. The van der Waals surface area contributed by atoms with Crippen LogP contribution in [0.25, 0.3) is 0 Å². The minimum Gasteiger partial charge on any atom is -0.377 e. The molecule has 2 N–H and O–H groups in total. The van der Waals surface area contributed by atoms with E-state index in [1.165, 1.54) is 0 Å². The van der Waals surface area contributed by atoms with Gasteiger partial charge in [-0.25, -0.2) is 0 Å². The first kappa shape index (κ1) is 12.7. The van der Waals surface area contributed by atoms with E-state index >= 15 is 0 Å². The normalized spacial score (nSPS) is 15.3. The van der Waals surface area contributed by atoms with Gasteiger partial charge >= 0.3 is 0 Å². The lowest BCUT2D eigenvalue weighted by Gasteiger charge is -2.22. The molecule has 0 fully saturated rings. The Morgan fingerprint density at radius 1 is 1.38 bits per heavy atom. The van der Waals surface area contributed by atoms with Crippen LogP contribution in [0.5, 0.6) is 0 Å². The van der Waals surface area contributed by atoms with Crippen molar-refractivity contribution in [2.24, 2.45) is 5.73 Å². The lowest BCUT2D eigenvalue weighted by atomic mass is 10.0. The van der Waals surface area contributed by atoms with E-state index < -0.39 is 0 Å². The largest absolute Gasteiger partial charge is 0.377 e. The molecular weight excluding hydrogens is 162 g/mol. The van der Waals surface area contributed by atoms with Gasteiger partial charge in [-0.1, -0.05) is 19.4 Å². The molecule has 0 spiro atoms. The van der Waals surface area contributed by atoms with Gasteiger partial charge < -0.3 is 10.5 Å². The number of ether oxygens (including phenoxy) is 1. The molecule has 0 aliphatic heterocycles. The van der Waals surface area contributed by atoms with Gasteiger partial charge in [0.2, 0.25) is 0 Å². The van der Waals surface area contributed by atoms with Gasteiger partial charge in [0.25, 0.3) is 0 Å². The molecule has 13 heavy (non-hydrogen) atoms. The van der Waals surface area contributed by atoms with Crippen LogP contribution < -0.4 is 5.73 Å². The molecule has 2 nitrogen and oxygen atoms in total. The third kappa shape index (κ3) is 5.83. The second-order valence-corrected chi connectivity index (χ2v) is 3.31. The molecule has 0 amide bonds. The molecular formula is C11H23NO. The van der Waals surface area contributed by atoms with Gasteiger partial charge in [0.15, 0.2) is 0 Å². The van der Waals surface area contributed by atoms with Crippen molar-refractivity contribution in [3.8, 4) is 0 Å². The van der Waals surface area contributed by atoms with Crippen LogP contribution in [0, 0.1) is 0 Å². The van der Waals surface area contributed by atoms with E-state index in [1.54, 1.807) is 0 Å². The lowest BCUT2D eigenvalue weighted by Crippen LogP contribution is -2.36. The second-order valence-electron chi connectivity index (χ2n) is 3.31. The SMILES string of the molecule is C=CCCC(N)C(CCC)OCC. The van der Waals surface area contributed by atoms with Crippen LogP contribution in [0.15, 0.2) is 12.7 Å². The molecule has 0 heterocycles. The summed E-state index contributed by atoms with van der Waals surface area (Å²) in [7, 11) is 0. The van der Waals surface area contributed by atoms with Gasteiger partial charge in [-0.15, -0.1) is 6.58 Å². The highest BCUT2D eigenvalue weighted by Gasteiger charge is 2.15. The molecule has 0 radical (unpaired) electrons. The first-order valence-electron chi connectivity index (χ1n) is 5.24. The molecule has 0 rings (SSSR count). The van der Waals surface area contributed by atoms with E-state index in [0.717, 1.165) is 32.3 Å². The van der Waals surface area contributed by atoms with E-state index in [0.29, 0.717) is 0 Å². The Bertz CT molecular complexity index is 119. The number of hydrogen-bond acceptors (Lipinski definition) is 2. The van der Waals surface area contributed by atoms with E-state index in [2.05, 4.69) is 13.5 Å². The van der Waals surface area contributed by atoms with Gasteiger partial charge in [-0.3, -0.25) is 0 Å². The van der Waals surface area contributed by atoms with Gasteiger partial charge in [0.1, 0.15) is 0 Å². The van der Waals surface area contributed by atoms with Crippen molar-refractivity contribution in [2.45, 2.75) is 51.7 Å². The molecule has 0 aliphatic carbocycles. The maximum absolute atomic E-state index is 6.00. The minimum atomic E-state index is 0.165. The average molecular weight is 185 g/mol. The molecule has 78 valence electrons. The fourth-order valence-electron chi connectivity index (χ4n) is 1.42. The van der Waals surface area contributed by atoms with E-state index in [9.17, 15) is 0 Å². The van der Waals surface area contributed by atoms with Crippen LogP contribution >= 0.6 is 0 Å². The predicted molar refractivity (Wildman–Crippen MR) is 57.7 cm³/mol. The molecule has 2 atom stereocenters. The average Bonchev–Trinajstić information content (AvgIpc) is 2.14. The summed E-state index contributed by atoms with van der Waals surface area (Å²) in [6.07, 6.45) is 6.30. The zero-order valence-corrected chi connectivity index (χ0v) is 8.96. The van der Waals surface area contributed by atoms with Crippen LogP contribution in [-0.2, 0) is 4.74 Å². The lowest BCUT2D eigenvalue weighted by molar-refractivity contribution is 0.0361. The summed E-state index contributed by atoms with van der Waals surface area (Å²) in [5.41, 5.74) is 6.00. The van der Waals surface area contributed by atoms with Crippen molar-refractivity contribution >= 4 is 0 Å². The maximum atomic E-state index is 6.00. The van der Waals surface area contributed by atoms with Crippen molar-refractivity contribution < 1.29 is 4.74 Å². The number of hydrogen-bond donors (Lipinski definition) is 1. The molecule has 2 unspecified atom stereocenters. The Kier molecular flexibility index (Phi) is 8.05. The maximum Gasteiger partial charge on any atom is 0.0725 e. The smallest absolute Gasteiger partial charge is 0.0725 e. The summed E-state index contributed by atoms with van der Waals surface area (Å²) in [6.45, 7) is 8.62. The summed E-state index contributed by atoms with van der Waals surface area (Å²) < 4.78 is 5.58. The van der Waals surface area contributed by atoms with Gasteiger partial charge in [0, 0.05) is 12.6 Å². The summed E-state index contributed by atoms with van der Waals surface area (Å²) in [4.78, 5) is 0. The van der Waals surface area contributed by atoms with Crippen LogP contribution in [0.3, 0.4) is 0 Å². The molecule has 0 bridgehead atoms. The number of rotatable bonds is 8. The zero-order chi connectivity index (χ0) is 10.1. The Labute approximate surface area is 82.2 Å². The Morgan fingerprint density at radius 3 is 2.54 bits per heavy atom. The molecule has 0 aromatic rings. The van der Waals surface area contributed by atoms with E-state index in [1.807, 2.05) is 13.0 Å². The van der Waals surface area contributed by atoms with Crippen LogP contribution in [0.4, 0.5) is 0 Å². The summed E-state index contributed by atoms with van der Waals surface area (Å²) in [5, 5.41) is 0. The minimum absolute atomic E-state index is 0.165. The molecule has 0 saturated heterocycles. The fourth-order valence-corrected chi connectivity index (χ4v) is 1.42. The summed E-state index contributed by atoms with van der Waals surface area (Å²) in [6, 6.07) is 0.165. The van der Waals surface area contributed by atoms with Crippen molar-refractivity contribution in [3.63, 3.8) is 0 Å². The van der Waals surface area contributed by atoms with Crippen molar-refractivity contribution in [2.75, 3.05) is 6.61 Å². The first-order valence-corrected chi connectivity index (χ1v) is 5.24. The highest BCUT2D eigenvalue weighted by molar-refractivity contribution is 4.77. The van der Waals surface area contributed by atoms with Crippen LogP contribution in [0.1, 0.15) is 39.5 Å². The third-order valence-corrected chi connectivity index (χ3v) is 2.14. The first-order chi connectivity index (χ1) is 6.26. The van der Waals surface area contributed by atoms with Crippen molar-refractivity contribution in [1.82, 2.24) is 0 Å². The molecule has 2 heteroatoms. The number of allylic oxidation sites excluding steroid dienone is 1. The van der Waals surface area contributed by atoms with Gasteiger partial charge in [0.05, 0.1) is 6.10 Å². The zero-order valence-electron chi connectivity index (χ0n) is 8.96. The Hall–Kier alpha value is -0.340. The third-order valence-electron chi connectivity index (χ3n) is 2.14. The molecule has 0 aromatic heterocycles. The van der Waals surface area contributed by atoms with Gasteiger partial charge in [-0.05, 0) is 26.2 Å². The van der Waals surface area contributed by atoms with Crippen LogP contribution in [0.2, 0.25) is 0 Å². The molecule has 0 aliphatic rings. The van der Waals surface area contributed by atoms with Crippen molar-refractivity contribution in [1.29, 1.82) is 0 Å². The molecule has 0 aromatic carbocycles. The summed E-state index contributed by atoms with van der Waals surface area (Å²) >= 11 is 0. The van der Waals surface area contributed by atoms with E-state index in [4.69, 9.17) is 10.5 Å². The molecule has 0 saturated carbocycles. The Balaban J connectivity index is 3.78. The van der Waals surface area contributed by atoms with E-state index in [-0.39, 0.29) is 12.1 Å². The van der Waals surface area contributed by atoms with Crippen molar-refractivity contribution in [3.05, 3.63) is 12.7 Å². The quantitative estimate of drug-likeness (QED) is 0.590. The number of nitrogens with two attached hydrogens (primary N) is 1. The standard InChI is InChI=1S/C11H23NO/c1-4-7-9-10(12)11(8-5-2)13-6-3/h4,10-11H,1,5-9,12H2,2-3H3. The highest BCUT2D eigenvalue weighted by Crippen LogP contribution is 2.10. The topological polar surface area (TPSA) is 35.2 Å². The summed E-state index contributed by atoms with van der Waals surface area (Å²) in [5.74, 6) is 0. The van der Waals surface area contributed by atoms with Gasteiger partial charge in [-0.2, -0.15) is 0 Å². The predicted octanol–water partition coefficient (Wildman–Crippen LogP) is 2.49. The highest BCUT2D eigenvalue weighted by atomic mass is 16.5. The monoisotopic (exact) mass is 185 g/mol. The Morgan fingerprint density at radius 2 is 2.08 bits per heavy atom.